The summed E-state index contributed by atoms with van der Waals surface area (Å²) in [6.45, 7) is 1.25. The SMILES string of the molecule is O=C(O)c1ccc2c(c1)C(O)(CCCOC1CCCCO1)c1ccccc1-2. The van der Waals surface area contributed by atoms with E-state index in [0.29, 0.717) is 25.0 Å². The highest BCUT2D eigenvalue weighted by Gasteiger charge is 2.41. The molecule has 2 aliphatic rings. The van der Waals surface area contributed by atoms with Crippen LogP contribution in [0, 0.1) is 0 Å². The van der Waals surface area contributed by atoms with Gasteiger partial charge in [0.25, 0.3) is 0 Å². The molecule has 4 rings (SSSR count). The van der Waals surface area contributed by atoms with Gasteiger partial charge in [0.15, 0.2) is 6.29 Å². The van der Waals surface area contributed by atoms with Gasteiger partial charge in [0.05, 0.1) is 5.56 Å². The summed E-state index contributed by atoms with van der Waals surface area (Å²) < 4.78 is 11.4. The smallest absolute Gasteiger partial charge is 0.335 e. The standard InChI is InChI=1S/C22H24O5/c23-21(24)15-9-10-17-16-6-1-2-7-18(16)22(25,19(17)14-15)11-5-13-27-20-8-3-4-12-26-20/h1-2,6-7,9-10,14,20,25H,3-5,8,11-13H2,(H,23,24). The summed E-state index contributed by atoms with van der Waals surface area (Å²) >= 11 is 0. The molecule has 1 aliphatic carbocycles. The van der Waals surface area contributed by atoms with E-state index in [1.165, 1.54) is 0 Å². The molecule has 27 heavy (non-hydrogen) atoms. The Kier molecular flexibility index (Phi) is 5.00. The van der Waals surface area contributed by atoms with Crippen LogP contribution in [0.3, 0.4) is 0 Å². The molecule has 2 aromatic rings. The second-order valence-corrected chi connectivity index (χ2v) is 7.24. The van der Waals surface area contributed by atoms with E-state index in [1.807, 2.05) is 24.3 Å². The molecule has 5 nitrogen and oxygen atoms in total. The first-order valence-corrected chi connectivity index (χ1v) is 9.53. The molecule has 0 radical (unpaired) electrons. The van der Waals surface area contributed by atoms with Gasteiger partial charge in [0, 0.05) is 13.2 Å². The molecule has 2 aromatic carbocycles. The van der Waals surface area contributed by atoms with Gasteiger partial charge in [-0.2, -0.15) is 0 Å². The van der Waals surface area contributed by atoms with Crippen molar-refractivity contribution in [2.75, 3.05) is 13.2 Å². The average Bonchev–Trinajstić information content (AvgIpc) is 2.95. The molecule has 1 heterocycles. The Morgan fingerprint density at radius 2 is 1.96 bits per heavy atom. The zero-order chi connectivity index (χ0) is 18.9. The van der Waals surface area contributed by atoms with Crippen molar-refractivity contribution in [3.05, 3.63) is 59.2 Å². The first-order valence-electron chi connectivity index (χ1n) is 9.53. The molecule has 0 aromatic heterocycles. The van der Waals surface area contributed by atoms with Gasteiger partial charge in [-0.05, 0) is 66.5 Å². The molecule has 0 bridgehead atoms. The van der Waals surface area contributed by atoms with Gasteiger partial charge in [-0.1, -0.05) is 30.3 Å². The maximum absolute atomic E-state index is 11.6. The van der Waals surface area contributed by atoms with E-state index in [0.717, 1.165) is 42.6 Å². The van der Waals surface area contributed by atoms with Crippen molar-refractivity contribution in [3.63, 3.8) is 0 Å². The van der Waals surface area contributed by atoms with Gasteiger partial charge >= 0.3 is 5.97 Å². The third-order valence-electron chi connectivity index (χ3n) is 5.50. The molecule has 1 aliphatic heterocycles. The highest BCUT2D eigenvalue weighted by atomic mass is 16.7. The average molecular weight is 368 g/mol. The molecule has 1 saturated heterocycles. The minimum absolute atomic E-state index is 0.143. The lowest BCUT2D eigenvalue weighted by Crippen LogP contribution is -2.27. The Hall–Kier alpha value is -2.21. The number of hydrogen-bond donors (Lipinski definition) is 2. The summed E-state index contributed by atoms with van der Waals surface area (Å²) in [5, 5.41) is 20.9. The van der Waals surface area contributed by atoms with E-state index in [4.69, 9.17) is 9.47 Å². The van der Waals surface area contributed by atoms with Gasteiger partial charge in [0.1, 0.15) is 5.60 Å². The Labute approximate surface area is 158 Å². The number of benzene rings is 2. The van der Waals surface area contributed by atoms with Crippen LogP contribution in [-0.2, 0) is 15.1 Å². The zero-order valence-electron chi connectivity index (χ0n) is 15.2. The van der Waals surface area contributed by atoms with Crippen LogP contribution in [0.2, 0.25) is 0 Å². The van der Waals surface area contributed by atoms with Crippen LogP contribution < -0.4 is 0 Å². The van der Waals surface area contributed by atoms with E-state index in [9.17, 15) is 15.0 Å². The molecule has 0 amide bonds. The predicted molar refractivity (Wildman–Crippen MR) is 101 cm³/mol. The van der Waals surface area contributed by atoms with Gasteiger partial charge in [-0.3, -0.25) is 0 Å². The molecule has 0 saturated carbocycles. The lowest BCUT2D eigenvalue weighted by atomic mass is 9.86. The van der Waals surface area contributed by atoms with Gasteiger partial charge in [-0.25, -0.2) is 4.79 Å². The van der Waals surface area contributed by atoms with Crippen LogP contribution in [-0.4, -0.2) is 35.7 Å². The molecular formula is C22H24O5. The Morgan fingerprint density at radius 1 is 1.15 bits per heavy atom. The number of hydrogen-bond acceptors (Lipinski definition) is 4. The summed E-state index contributed by atoms with van der Waals surface area (Å²) in [5.74, 6) is -0.992. The summed E-state index contributed by atoms with van der Waals surface area (Å²) in [6.07, 6.45) is 4.09. The number of aromatic carboxylic acids is 1. The zero-order valence-corrected chi connectivity index (χ0v) is 15.2. The van der Waals surface area contributed by atoms with E-state index < -0.39 is 11.6 Å². The first-order chi connectivity index (χ1) is 13.1. The highest BCUT2D eigenvalue weighted by molar-refractivity contribution is 5.91. The fourth-order valence-corrected chi connectivity index (χ4v) is 4.13. The highest BCUT2D eigenvalue weighted by Crippen LogP contribution is 2.49. The molecule has 142 valence electrons. The van der Waals surface area contributed by atoms with Crippen molar-refractivity contribution in [1.29, 1.82) is 0 Å². The van der Waals surface area contributed by atoms with Crippen LogP contribution >= 0.6 is 0 Å². The number of ether oxygens (including phenoxy) is 2. The molecule has 2 unspecified atom stereocenters. The van der Waals surface area contributed by atoms with Gasteiger partial charge in [-0.15, -0.1) is 0 Å². The monoisotopic (exact) mass is 368 g/mol. The fourth-order valence-electron chi connectivity index (χ4n) is 4.13. The lowest BCUT2D eigenvalue weighted by Gasteiger charge is -2.27. The minimum atomic E-state index is -1.20. The van der Waals surface area contributed by atoms with Gasteiger partial charge < -0.3 is 19.7 Å². The number of fused-ring (bicyclic) bond motifs is 3. The van der Waals surface area contributed by atoms with Crippen molar-refractivity contribution in [3.8, 4) is 11.1 Å². The summed E-state index contributed by atoms with van der Waals surface area (Å²) in [6, 6.07) is 12.7. The number of rotatable bonds is 6. The van der Waals surface area contributed by atoms with Crippen molar-refractivity contribution in [2.24, 2.45) is 0 Å². The first kappa shape index (κ1) is 18.2. The normalized spacial score (nSPS) is 23.7. The van der Waals surface area contributed by atoms with Crippen LogP contribution in [0.15, 0.2) is 42.5 Å². The van der Waals surface area contributed by atoms with Crippen molar-refractivity contribution < 1.29 is 24.5 Å². The Balaban J connectivity index is 1.55. The summed E-state index contributed by atoms with van der Waals surface area (Å²) in [4.78, 5) is 11.4. The number of carboxylic acid groups (broad SMARTS) is 1. The second-order valence-electron chi connectivity index (χ2n) is 7.24. The van der Waals surface area contributed by atoms with E-state index >= 15 is 0 Å². The van der Waals surface area contributed by atoms with Crippen LogP contribution in [0.25, 0.3) is 11.1 Å². The van der Waals surface area contributed by atoms with E-state index in [1.54, 1.807) is 18.2 Å². The quantitative estimate of drug-likeness (QED) is 0.756. The largest absolute Gasteiger partial charge is 0.478 e. The van der Waals surface area contributed by atoms with Crippen molar-refractivity contribution in [1.82, 2.24) is 0 Å². The summed E-state index contributed by atoms with van der Waals surface area (Å²) in [7, 11) is 0. The summed E-state index contributed by atoms with van der Waals surface area (Å²) in [5.41, 5.74) is 2.34. The van der Waals surface area contributed by atoms with Crippen molar-refractivity contribution >= 4 is 5.97 Å². The van der Waals surface area contributed by atoms with Gasteiger partial charge in [0.2, 0.25) is 0 Å². The van der Waals surface area contributed by atoms with Crippen LogP contribution in [0.5, 0.6) is 0 Å². The molecule has 1 fully saturated rings. The number of carbonyl (C=O) groups is 1. The van der Waals surface area contributed by atoms with E-state index in [2.05, 4.69) is 0 Å². The lowest BCUT2D eigenvalue weighted by molar-refractivity contribution is -0.164. The third-order valence-corrected chi connectivity index (χ3v) is 5.50. The molecular weight excluding hydrogens is 344 g/mol. The van der Waals surface area contributed by atoms with Crippen molar-refractivity contribution in [2.45, 2.75) is 44.0 Å². The second kappa shape index (κ2) is 7.43. The molecule has 5 heteroatoms. The topological polar surface area (TPSA) is 76.0 Å². The maximum Gasteiger partial charge on any atom is 0.335 e. The number of aliphatic hydroxyl groups is 1. The molecule has 0 spiro atoms. The number of carboxylic acids is 1. The van der Waals surface area contributed by atoms with Crippen LogP contribution in [0.1, 0.15) is 53.6 Å². The minimum Gasteiger partial charge on any atom is -0.478 e. The predicted octanol–water partition coefficient (Wildman–Crippen LogP) is 3.92. The van der Waals surface area contributed by atoms with E-state index in [-0.39, 0.29) is 11.9 Å². The third kappa shape index (κ3) is 3.38. The van der Waals surface area contributed by atoms with Crippen LogP contribution in [0.4, 0.5) is 0 Å². The molecule has 2 atom stereocenters. The fraction of sp³-hybridized carbons (Fsp3) is 0.409. The Bertz CT molecular complexity index is 840. The Morgan fingerprint density at radius 3 is 2.74 bits per heavy atom. The maximum atomic E-state index is 11.6. The molecule has 2 N–H and O–H groups in total.